The first kappa shape index (κ1) is 23.1. The standard InChI is InChI=1S/C22H23N7O5/c1-24-20(32)17-15(30)16(31)22(34-17)29-11-25-14-18(23)26-13(27-19(14)29)9-6-10-28(2)21(33)12-7-4-3-5-8-12/h3-5,7-8,11,15-17,22,30-31H,10H2,1-2H3,(H,24,32)(H2,23,26,27)/t15?,16-,17+,22-/m1/s1. The summed E-state index contributed by atoms with van der Waals surface area (Å²) in [5.74, 6) is 4.99. The Labute approximate surface area is 194 Å². The van der Waals surface area contributed by atoms with Gasteiger partial charge in [-0.05, 0) is 18.1 Å². The summed E-state index contributed by atoms with van der Waals surface area (Å²) in [6, 6.07) is 8.83. The molecular weight excluding hydrogens is 442 g/mol. The molecule has 3 aromatic rings. The molecule has 2 aromatic heterocycles. The molecule has 1 aliphatic rings. The van der Waals surface area contributed by atoms with Crippen molar-refractivity contribution in [1.82, 2.24) is 29.7 Å². The number of aliphatic hydroxyl groups is 2. The van der Waals surface area contributed by atoms with Crippen molar-refractivity contribution < 1.29 is 24.5 Å². The number of fused-ring (bicyclic) bond motifs is 1. The summed E-state index contributed by atoms with van der Waals surface area (Å²) in [4.78, 5) is 38.5. The van der Waals surface area contributed by atoms with E-state index in [0.717, 1.165) is 0 Å². The number of nitrogens with one attached hydrogen (secondary N) is 1. The van der Waals surface area contributed by atoms with E-state index in [9.17, 15) is 19.8 Å². The molecule has 1 unspecified atom stereocenters. The molecule has 1 fully saturated rings. The van der Waals surface area contributed by atoms with Gasteiger partial charge in [0, 0.05) is 19.7 Å². The first-order chi connectivity index (χ1) is 16.3. The number of aliphatic hydroxyl groups excluding tert-OH is 2. The molecule has 1 saturated heterocycles. The number of rotatable bonds is 4. The molecule has 176 valence electrons. The molecule has 12 nitrogen and oxygen atoms in total. The van der Waals surface area contributed by atoms with Gasteiger partial charge in [0.1, 0.15) is 17.7 Å². The van der Waals surface area contributed by atoms with Crippen LogP contribution in [0.5, 0.6) is 0 Å². The van der Waals surface area contributed by atoms with E-state index in [2.05, 4.69) is 32.1 Å². The zero-order chi connectivity index (χ0) is 24.4. The highest BCUT2D eigenvalue weighted by Crippen LogP contribution is 2.32. The van der Waals surface area contributed by atoms with E-state index in [1.165, 1.54) is 22.8 Å². The van der Waals surface area contributed by atoms with Crippen LogP contribution in [0.3, 0.4) is 0 Å². The maximum absolute atomic E-state index is 12.4. The number of likely N-dealkylation sites (N-methyl/N-ethyl adjacent to an activating group) is 1. The van der Waals surface area contributed by atoms with Crippen LogP contribution in [-0.4, -0.2) is 85.4 Å². The van der Waals surface area contributed by atoms with Crippen LogP contribution in [0.15, 0.2) is 36.7 Å². The topological polar surface area (TPSA) is 169 Å². The zero-order valence-electron chi connectivity index (χ0n) is 18.4. The van der Waals surface area contributed by atoms with Crippen molar-refractivity contribution in [2.75, 3.05) is 26.4 Å². The second-order valence-corrected chi connectivity index (χ2v) is 7.63. The summed E-state index contributed by atoms with van der Waals surface area (Å²) in [5, 5.41) is 23.0. The minimum atomic E-state index is -1.45. The predicted molar refractivity (Wildman–Crippen MR) is 120 cm³/mol. The lowest BCUT2D eigenvalue weighted by Gasteiger charge is -2.16. The molecule has 1 aliphatic heterocycles. The van der Waals surface area contributed by atoms with Crippen molar-refractivity contribution in [3.05, 3.63) is 48.0 Å². The molecule has 0 spiro atoms. The summed E-state index contributed by atoms with van der Waals surface area (Å²) in [7, 11) is 3.03. The maximum atomic E-state index is 12.4. The summed E-state index contributed by atoms with van der Waals surface area (Å²) >= 11 is 0. The van der Waals surface area contributed by atoms with Gasteiger partial charge in [0.2, 0.25) is 5.82 Å². The Morgan fingerprint density at radius 3 is 2.68 bits per heavy atom. The Hall–Kier alpha value is -4.05. The fourth-order valence-electron chi connectivity index (χ4n) is 3.54. The number of nitrogens with zero attached hydrogens (tertiary/aromatic N) is 5. The van der Waals surface area contributed by atoms with E-state index in [0.29, 0.717) is 5.56 Å². The average molecular weight is 465 g/mol. The molecule has 34 heavy (non-hydrogen) atoms. The molecule has 0 aliphatic carbocycles. The van der Waals surface area contributed by atoms with Crippen molar-refractivity contribution in [3.63, 3.8) is 0 Å². The number of hydrogen-bond donors (Lipinski definition) is 4. The van der Waals surface area contributed by atoms with Crippen molar-refractivity contribution in [3.8, 4) is 11.8 Å². The summed E-state index contributed by atoms with van der Waals surface area (Å²) in [6.45, 7) is 0.124. The summed E-state index contributed by atoms with van der Waals surface area (Å²) < 4.78 is 6.94. The monoisotopic (exact) mass is 465 g/mol. The van der Waals surface area contributed by atoms with Gasteiger partial charge in [-0.1, -0.05) is 24.1 Å². The Balaban J connectivity index is 1.57. The molecule has 4 rings (SSSR count). The highest BCUT2D eigenvalue weighted by Gasteiger charge is 2.47. The number of carbonyl (C=O) groups is 2. The normalized spacial score (nSPS) is 21.6. The molecule has 5 N–H and O–H groups in total. The van der Waals surface area contributed by atoms with Crippen LogP contribution in [0.1, 0.15) is 22.4 Å². The van der Waals surface area contributed by atoms with E-state index in [1.54, 1.807) is 31.3 Å². The minimum Gasteiger partial charge on any atom is -0.387 e. The predicted octanol–water partition coefficient (Wildman–Crippen LogP) is -1.10. The second kappa shape index (κ2) is 9.44. The lowest BCUT2D eigenvalue weighted by molar-refractivity contribution is -0.137. The number of benzene rings is 1. The molecule has 0 bridgehead atoms. The van der Waals surface area contributed by atoms with Crippen LogP contribution < -0.4 is 11.1 Å². The smallest absolute Gasteiger partial charge is 0.254 e. The number of amides is 2. The van der Waals surface area contributed by atoms with E-state index < -0.39 is 30.4 Å². The number of nitrogens with two attached hydrogens (primary N) is 1. The minimum absolute atomic E-state index is 0.0534. The van der Waals surface area contributed by atoms with Gasteiger partial charge in [-0.3, -0.25) is 14.2 Å². The van der Waals surface area contributed by atoms with Crippen LogP contribution >= 0.6 is 0 Å². The largest absolute Gasteiger partial charge is 0.387 e. The van der Waals surface area contributed by atoms with Gasteiger partial charge in [0.05, 0.1) is 12.9 Å². The third-order valence-electron chi connectivity index (χ3n) is 5.35. The first-order valence-electron chi connectivity index (χ1n) is 10.3. The Morgan fingerprint density at radius 2 is 1.97 bits per heavy atom. The fourth-order valence-corrected chi connectivity index (χ4v) is 3.54. The molecule has 12 heteroatoms. The van der Waals surface area contributed by atoms with Gasteiger partial charge < -0.3 is 30.9 Å². The van der Waals surface area contributed by atoms with Crippen molar-refractivity contribution in [2.45, 2.75) is 24.5 Å². The van der Waals surface area contributed by atoms with E-state index in [1.807, 2.05) is 6.07 Å². The number of nitrogen functional groups attached to an aromatic ring is 1. The van der Waals surface area contributed by atoms with Crippen LogP contribution in [0.4, 0.5) is 5.82 Å². The molecule has 0 saturated carbocycles. The van der Waals surface area contributed by atoms with E-state index >= 15 is 0 Å². The zero-order valence-corrected chi connectivity index (χ0v) is 18.4. The Morgan fingerprint density at radius 1 is 1.24 bits per heavy atom. The Bertz CT molecular complexity index is 1280. The van der Waals surface area contributed by atoms with Crippen LogP contribution in [0.2, 0.25) is 0 Å². The molecule has 2 amide bonds. The van der Waals surface area contributed by atoms with Gasteiger partial charge in [0.15, 0.2) is 23.8 Å². The van der Waals surface area contributed by atoms with Crippen molar-refractivity contribution in [2.24, 2.45) is 0 Å². The number of aromatic nitrogens is 4. The number of hydrogen-bond acceptors (Lipinski definition) is 9. The average Bonchev–Trinajstić information content (AvgIpc) is 3.39. The molecular formula is C22H23N7O5. The SMILES string of the molecule is CNC(=O)[C@H]1O[C@@H](n2cnc3c(N)nc(C#CCN(C)C(=O)c4ccccc4)nc32)[C@H](O)C1O. The van der Waals surface area contributed by atoms with Crippen LogP contribution in [-0.2, 0) is 9.53 Å². The molecule has 4 atom stereocenters. The number of carbonyl (C=O) groups excluding carboxylic acids is 2. The van der Waals surface area contributed by atoms with E-state index in [-0.39, 0.29) is 35.3 Å². The van der Waals surface area contributed by atoms with Gasteiger partial charge in [0.25, 0.3) is 11.8 Å². The third kappa shape index (κ3) is 4.27. The van der Waals surface area contributed by atoms with Gasteiger partial charge in [-0.2, -0.15) is 0 Å². The van der Waals surface area contributed by atoms with Crippen molar-refractivity contribution in [1.29, 1.82) is 0 Å². The lowest BCUT2D eigenvalue weighted by Crippen LogP contribution is -2.41. The third-order valence-corrected chi connectivity index (χ3v) is 5.35. The second-order valence-electron chi connectivity index (χ2n) is 7.63. The number of ether oxygens (including phenoxy) is 1. The van der Waals surface area contributed by atoms with Crippen molar-refractivity contribution >= 4 is 28.8 Å². The first-order valence-corrected chi connectivity index (χ1v) is 10.3. The molecule has 3 heterocycles. The highest BCUT2D eigenvalue weighted by atomic mass is 16.6. The number of imidazole rings is 1. The number of anilines is 1. The van der Waals surface area contributed by atoms with Crippen LogP contribution in [0, 0.1) is 11.8 Å². The fraction of sp³-hybridized carbons (Fsp3) is 0.318. The quantitative estimate of drug-likeness (QED) is 0.349. The maximum Gasteiger partial charge on any atom is 0.254 e. The molecule has 0 radical (unpaired) electrons. The van der Waals surface area contributed by atoms with Gasteiger partial charge in [-0.15, -0.1) is 0 Å². The van der Waals surface area contributed by atoms with Gasteiger partial charge >= 0.3 is 0 Å². The van der Waals surface area contributed by atoms with E-state index in [4.69, 9.17) is 10.5 Å². The summed E-state index contributed by atoms with van der Waals surface area (Å²) in [6.07, 6.45) is -3.93. The van der Waals surface area contributed by atoms with Crippen LogP contribution in [0.25, 0.3) is 11.2 Å². The highest BCUT2D eigenvalue weighted by molar-refractivity contribution is 5.94. The Kier molecular flexibility index (Phi) is 6.42. The summed E-state index contributed by atoms with van der Waals surface area (Å²) in [5.41, 5.74) is 7.01. The lowest BCUT2D eigenvalue weighted by atomic mass is 10.1. The van der Waals surface area contributed by atoms with Gasteiger partial charge in [-0.25, -0.2) is 15.0 Å². The molecule has 1 aromatic carbocycles.